The van der Waals surface area contributed by atoms with E-state index in [2.05, 4.69) is 5.32 Å². The minimum absolute atomic E-state index is 0.256. The quantitative estimate of drug-likeness (QED) is 0.812. The van der Waals surface area contributed by atoms with Crippen LogP contribution in [-0.4, -0.2) is 14.7 Å². The highest BCUT2D eigenvalue weighted by Crippen LogP contribution is 2.19. The molecule has 2 aromatic carbocycles. The number of carbonyl (C=O) groups is 1. The normalized spacial score (nSPS) is 13.4. The third-order valence-electron chi connectivity index (χ3n) is 2.97. The van der Waals surface area contributed by atoms with E-state index in [-0.39, 0.29) is 5.91 Å². The first kappa shape index (κ1) is 16.6. The van der Waals surface area contributed by atoms with Crippen LogP contribution in [0.4, 0.5) is 5.69 Å². The van der Waals surface area contributed by atoms with Crippen molar-refractivity contribution in [2.24, 2.45) is 0 Å². The Morgan fingerprint density at radius 3 is 2.32 bits per heavy atom. The van der Waals surface area contributed by atoms with Crippen LogP contribution in [0.5, 0.6) is 0 Å². The number of benzene rings is 2. The van der Waals surface area contributed by atoms with E-state index in [1.807, 2.05) is 0 Å². The molecule has 5 nitrogen and oxygen atoms in total. The largest absolute Gasteiger partial charge is 0.322 e. The first-order valence-corrected chi connectivity index (χ1v) is 7.81. The summed E-state index contributed by atoms with van der Waals surface area (Å²) in [5, 5.41) is 3.34. The molecule has 0 bridgehead atoms. The summed E-state index contributed by atoms with van der Waals surface area (Å²) in [7, 11) is 0. The average molecular weight is 340 g/mol. The van der Waals surface area contributed by atoms with E-state index in [0.29, 0.717) is 21.8 Å². The molecule has 0 aliphatic heterocycles. The van der Waals surface area contributed by atoms with Gasteiger partial charge in [-0.15, -0.1) is 0 Å². The summed E-state index contributed by atoms with van der Waals surface area (Å²) < 4.78 is 24.0. The molecule has 0 fully saturated rings. The van der Waals surface area contributed by atoms with Crippen LogP contribution in [0.25, 0.3) is 0 Å². The van der Waals surface area contributed by atoms with Crippen molar-refractivity contribution in [1.82, 2.24) is 0 Å². The van der Waals surface area contributed by atoms with E-state index in [4.69, 9.17) is 20.3 Å². The molecule has 116 valence electrons. The summed E-state index contributed by atoms with van der Waals surface area (Å²) >= 11 is 3.46. The molecule has 2 aromatic rings. The fourth-order valence-corrected chi connectivity index (χ4v) is 2.31. The number of nitrogens with one attached hydrogen (secondary N) is 1. The minimum Gasteiger partial charge on any atom is -0.322 e. The van der Waals surface area contributed by atoms with Gasteiger partial charge in [-0.3, -0.25) is 13.5 Å². The van der Waals surface area contributed by atoms with Gasteiger partial charge in [-0.25, -0.2) is 0 Å². The lowest BCUT2D eigenvalue weighted by Crippen LogP contribution is -2.12. The number of carbonyl (C=O) groups excluding carboxylic acids is 1. The van der Waals surface area contributed by atoms with Gasteiger partial charge in [-0.2, -0.15) is 4.21 Å². The molecule has 0 saturated carbocycles. The van der Waals surface area contributed by atoms with Crippen LogP contribution >= 0.6 is 11.6 Å². The molecule has 0 heterocycles. The van der Waals surface area contributed by atoms with E-state index in [1.54, 1.807) is 55.5 Å². The van der Waals surface area contributed by atoms with Crippen molar-refractivity contribution in [1.29, 1.82) is 0 Å². The standard InChI is InChI=1S/C15H14ClNO4S/c1-10(21-22(19)20)11-2-4-12(5-3-11)15(18)17-14-8-6-13(16)7-9-14/h2-10H,1H3,(H,17,18)(H,19,20). The zero-order valence-electron chi connectivity index (χ0n) is 11.7. The van der Waals surface area contributed by atoms with Crippen molar-refractivity contribution in [3.63, 3.8) is 0 Å². The van der Waals surface area contributed by atoms with Crippen LogP contribution in [0.1, 0.15) is 28.9 Å². The van der Waals surface area contributed by atoms with E-state index >= 15 is 0 Å². The molecule has 2 rings (SSSR count). The second kappa shape index (κ2) is 7.51. The van der Waals surface area contributed by atoms with Gasteiger partial charge < -0.3 is 5.32 Å². The number of hydrogen-bond acceptors (Lipinski definition) is 3. The summed E-state index contributed by atoms with van der Waals surface area (Å²) in [4.78, 5) is 12.1. The average Bonchev–Trinajstić information content (AvgIpc) is 2.49. The lowest BCUT2D eigenvalue weighted by Gasteiger charge is -2.10. The highest BCUT2D eigenvalue weighted by molar-refractivity contribution is 7.74. The third kappa shape index (κ3) is 4.64. The number of anilines is 1. The molecular weight excluding hydrogens is 326 g/mol. The summed E-state index contributed by atoms with van der Waals surface area (Å²) in [5.41, 5.74) is 1.81. The highest BCUT2D eigenvalue weighted by Gasteiger charge is 2.11. The van der Waals surface area contributed by atoms with Crippen LogP contribution in [0.2, 0.25) is 5.02 Å². The Morgan fingerprint density at radius 2 is 1.77 bits per heavy atom. The fourth-order valence-electron chi connectivity index (χ4n) is 1.82. The molecule has 0 aliphatic rings. The van der Waals surface area contributed by atoms with Crippen LogP contribution in [0.3, 0.4) is 0 Å². The minimum atomic E-state index is -2.33. The zero-order chi connectivity index (χ0) is 16.1. The Kier molecular flexibility index (Phi) is 5.68. The maximum atomic E-state index is 12.1. The van der Waals surface area contributed by atoms with Crippen LogP contribution < -0.4 is 5.32 Å². The lowest BCUT2D eigenvalue weighted by atomic mass is 10.1. The summed E-state index contributed by atoms with van der Waals surface area (Å²) in [6.45, 7) is 1.65. The van der Waals surface area contributed by atoms with Gasteiger partial charge in [-0.05, 0) is 48.9 Å². The molecule has 2 atom stereocenters. The Labute approximate surface area is 135 Å². The van der Waals surface area contributed by atoms with Gasteiger partial charge in [0.15, 0.2) is 0 Å². The lowest BCUT2D eigenvalue weighted by molar-refractivity contribution is 0.102. The molecule has 1 amide bonds. The van der Waals surface area contributed by atoms with E-state index in [0.717, 1.165) is 0 Å². The maximum Gasteiger partial charge on any atom is 0.302 e. The molecule has 2 N–H and O–H groups in total. The van der Waals surface area contributed by atoms with Gasteiger partial charge in [0.2, 0.25) is 0 Å². The smallest absolute Gasteiger partial charge is 0.302 e. The topological polar surface area (TPSA) is 75.6 Å². The Balaban J connectivity index is 2.04. The van der Waals surface area contributed by atoms with Crippen molar-refractivity contribution in [2.75, 3.05) is 5.32 Å². The Bertz CT molecular complexity index is 673. The molecule has 0 aromatic heterocycles. The molecule has 2 unspecified atom stereocenters. The van der Waals surface area contributed by atoms with Gasteiger partial charge >= 0.3 is 11.4 Å². The van der Waals surface area contributed by atoms with Crippen molar-refractivity contribution in [2.45, 2.75) is 13.0 Å². The highest BCUT2D eigenvalue weighted by atomic mass is 35.5. The number of halogens is 1. The summed E-state index contributed by atoms with van der Waals surface area (Å²) in [5.74, 6) is -0.256. The van der Waals surface area contributed by atoms with Crippen LogP contribution in [-0.2, 0) is 15.5 Å². The SMILES string of the molecule is CC(OS(=O)O)c1ccc(C(=O)Nc2ccc(Cl)cc2)cc1. The van der Waals surface area contributed by atoms with Gasteiger partial charge in [0.25, 0.3) is 5.91 Å². The first-order chi connectivity index (χ1) is 10.5. The summed E-state index contributed by atoms with van der Waals surface area (Å²) in [6, 6.07) is 13.4. The predicted molar refractivity (Wildman–Crippen MR) is 86.1 cm³/mol. The molecule has 0 saturated heterocycles. The molecule has 22 heavy (non-hydrogen) atoms. The van der Waals surface area contributed by atoms with Gasteiger partial charge in [-0.1, -0.05) is 23.7 Å². The molecule has 7 heteroatoms. The van der Waals surface area contributed by atoms with Gasteiger partial charge in [0, 0.05) is 16.3 Å². The zero-order valence-corrected chi connectivity index (χ0v) is 13.2. The van der Waals surface area contributed by atoms with E-state index in [1.165, 1.54) is 0 Å². The Hall–Kier alpha value is -1.73. The molecule has 0 radical (unpaired) electrons. The van der Waals surface area contributed by atoms with Crippen molar-refractivity contribution < 1.29 is 17.7 Å². The van der Waals surface area contributed by atoms with E-state index in [9.17, 15) is 9.00 Å². The number of rotatable bonds is 5. The summed E-state index contributed by atoms with van der Waals surface area (Å²) in [6.07, 6.45) is -0.542. The number of hydrogen-bond donors (Lipinski definition) is 2. The van der Waals surface area contributed by atoms with Gasteiger partial charge in [0.05, 0.1) is 6.10 Å². The monoisotopic (exact) mass is 339 g/mol. The fraction of sp³-hybridized carbons (Fsp3) is 0.133. The van der Waals surface area contributed by atoms with E-state index < -0.39 is 17.5 Å². The second-order valence-electron chi connectivity index (χ2n) is 4.54. The number of amides is 1. The van der Waals surface area contributed by atoms with Crippen molar-refractivity contribution in [3.05, 3.63) is 64.7 Å². The van der Waals surface area contributed by atoms with Crippen LogP contribution in [0, 0.1) is 0 Å². The van der Waals surface area contributed by atoms with Crippen molar-refractivity contribution in [3.8, 4) is 0 Å². The molecule has 0 spiro atoms. The van der Waals surface area contributed by atoms with Crippen molar-refractivity contribution >= 4 is 34.6 Å². The third-order valence-corrected chi connectivity index (χ3v) is 3.68. The predicted octanol–water partition coefficient (Wildman–Crippen LogP) is 3.81. The second-order valence-corrected chi connectivity index (χ2v) is 5.60. The van der Waals surface area contributed by atoms with Crippen LogP contribution in [0.15, 0.2) is 48.5 Å². The molecule has 0 aliphatic carbocycles. The molecular formula is C15H14ClNO4S. The van der Waals surface area contributed by atoms with Gasteiger partial charge in [0.1, 0.15) is 0 Å². The first-order valence-electron chi connectivity index (χ1n) is 6.40. The Morgan fingerprint density at radius 1 is 1.18 bits per heavy atom. The maximum absolute atomic E-state index is 12.1.